The van der Waals surface area contributed by atoms with Gasteiger partial charge in [-0.15, -0.1) is 11.3 Å². The molecule has 1 N–H and O–H groups in total. The maximum atomic E-state index is 5.44. The molecule has 1 aliphatic heterocycles. The molecular weight excluding hydrogens is 336 g/mol. The van der Waals surface area contributed by atoms with Crippen LogP contribution in [-0.4, -0.2) is 43.3 Å². The Labute approximate surface area is 152 Å². The summed E-state index contributed by atoms with van der Waals surface area (Å²) >= 11 is 1.78. The van der Waals surface area contributed by atoms with E-state index in [1.165, 1.54) is 9.88 Å². The van der Waals surface area contributed by atoms with Gasteiger partial charge in [-0.05, 0) is 24.1 Å². The van der Waals surface area contributed by atoms with Gasteiger partial charge in [0.15, 0.2) is 17.5 Å². The molecule has 0 spiro atoms. The molecule has 3 rings (SSSR count). The zero-order valence-corrected chi connectivity index (χ0v) is 15.7. The Morgan fingerprint density at radius 2 is 2.20 bits per heavy atom. The number of aliphatic imine (C=N–C) groups is 1. The third-order valence-electron chi connectivity index (χ3n) is 4.00. The number of benzene rings is 1. The topological polar surface area (TPSA) is 59.0 Å². The van der Waals surface area contributed by atoms with E-state index in [4.69, 9.17) is 9.47 Å². The molecule has 0 atom stereocenters. The fourth-order valence-electron chi connectivity index (χ4n) is 2.68. The van der Waals surface area contributed by atoms with E-state index in [0.29, 0.717) is 6.79 Å². The molecule has 6 nitrogen and oxygen atoms in total. The minimum Gasteiger partial charge on any atom is -0.454 e. The first-order valence-electron chi connectivity index (χ1n) is 8.43. The molecule has 0 fully saturated rings. The van der Waals surface area contributed by atoms with Gasteiger partial charge >= 0.3 is 0 Å². The number of nitrogens with zero attached hydrogens (tertiary/aromatic N) is 3. The lowest BCUT2D eigenvalue weighted by molar-refractivity contribution is 0.174. The third kappa shape index (κ3) is 4.42. The van der Waals surface area contributed by atoms with Crippen molar-refractivity contribution < 1.29 is 9.47 Å². The van der Waals surface area contributed by atoms with E-state index in [1.807, 2.05) is 25.4 Å². The number of aromatic nitrogens is 1. The van der Waals surface area contributed by atoms with Crippen molar-refractivity contribution in [2.45, 2.75) is 26.3 Å². The highest BCUT2D eigenvalue weighted by Crippen LogP contribution is 2.32. The van der Waals surface area contributed by atoms with Crippen LogP contribution < -0.4 is 14.8 Å². The molecule has 2 heterocycles. The quantitative estimate of drug-likeness (QED) is 0.634. The lowest BCUT2D eigenvalue weighted by atomic mass is 10.2. The van der Waals surface area contributed by atoms with Gasteiger partial charge in [-0.2, -0.15) is 0 Å². The van der Waals surface area contributed by atoms with Crippen molar-refractivity contribution in [3.8, 4) is 11.5 Å². The van der Waals surface area contributed by atoms with E-state index in [-0.39, 0.29) is 0 Å². The van der Waals surface area contributed by atoms with Crippen molar-refractivity contribution in [2.75, 3.05) is 27.4 Å². The standard InChI is InChI=1S/C18H24N4O2S/c1-4-14-10-21-17(25-14)7-8-20-18(19-2)22(3)11-13-5-6-15-16(9-13)24-12-23-15/h5-6,9-10H,4,7-8,11-12H2,1-3H3,(H,19,20). The molecule has 0 unspecified atom stereocenters. The molecule has 0 aliphatic carbocycles. The zero-order valence-electron chi connectivity index (χ0n) is 14.9. The molecule has 25 heavy (non-hydrogen) atoms. The highest BCUT2D eigenvalue weighted by molar-refractivity contribution is 7.11. The van der Waals surface area contributed by atoms with E-state index < -0.39 is 0 Å². The second kappa shape index (κ2) is 8.20. The molecule has 0 bridgehead atoms. The highest BCUT2D eigenvalue weighted by atomic mass is 32.1. The Bertz CT molecular complexity index is 744. The summed E-state index contributed by atoms with van der Waals surface area (Å²) in [5.41, 5.74) is 1.15. The van der Waals surface area contributed by atoms with Crippen molar-refractivity contribution in [3.63, 3.8) is 0 Å². The van der Waals surface area contributed by atoms with Gasteiger partial charge < -0.3 is 19.7 Å². The number of ether oxygens (including phenoxy) is 2. The number of hydrogen-bond acceptors (Lipinski definition) is 5. The normalized spacial score (nSPS) is 13.2. The minimum absolute atomic E-state index is 0.300. The molecular formula is C18H24N4O2S. The largest absolute Gasteiger partial charge is 0.454 e. The van der Waals surface area contributed by atoms with Crippen LogP contribution in [0.5, 0.6) is 11.5 Å². The first-order chi connectivity index (χ1) is 12.2. The van der Waals surface area contributed by atoms with Crippen LogP contribution in [0.25, 0.3) is 0 Å². The molecule has 1 aromatic carbocycles. The Hall–Kier alpha value is -2.28. The molecule has 1 aromatic heterocycles. The van der Waals surface area contributed by atoms with E-state index in [9.17, 15) is 0 Å². The van der Waals surface area contributed by atoms with Crippen molar-refractivity contribution in [1.29, 1.82) is 0 Å². The highest BCUT2D eigenvalue weighted by Gasteiger charge is 2.14. The summed E-state index contributed by atoms with van der Waals surface area (Å²) in [7, 11) is 3.83. The van der Waals surface area contributed by atoms with Crippen LogP contribution in [0.15, 0.2) is 29.4 Å². The van der Waals surface area contributed by atoms with Gasteiger partial charge in [0.1, 0.15) is 0 Å². The van der Waals surface area contributed by atoms with Gasteiger partial charge in [0.25, 0.3) is 0 Å². The summed E-state index contributed by atoms with van der Waals surface area (Å²) in [5, 5.41) is 4.57. The average Bonchev–Trinajstić information content (AvgIpc) is 3.27. The molecule has 1 aliphatic rings. The zero-order chi connectivity index (χ0) is 17.6. The average molecular weight is 360 g/mol. The molecule has 0 radical (unpaired) electrons. The van der Waals surface area contributed by atoms with Crippen LogP contribution in [0.2, 0.25) is 0 Å². The van der Waals surface area contributed by atoms with E-state index in [2.05, 4.69) is 33.2 Å². The second-order valence-electron chi connectivity index (χ2n) is 5.84. The number of guanidine groups is 1. The van der Waals surface area contributed by atoms with Crippen LogP contribution in [0, 0.1) is 0 Å². The number of hydrogen-bond donors (Lipinski definition) is 1. The minimum atomic E-state index is 0.300. The summed E-state index contributed by atoms with van der Waals surface area (Å²) in [6, 6.07) is 6.03. The van der Waals surface area contributed by atoms with Gasteiger partial charge in [-0.3, -0.25) is 4.99 Å². The van der Waals surface area contributed by atoms with Gasteiger partial charge in [0.05, 0.1) is 5.01 Å². The molecule has 0 amide bonds. The third-order valence-corrected chi connectivity index (χ3v) is 5.20. The van der Waals surface area contributed by atoms with Crippen LogP contribution >= 0.6 is 11.3 Å². The smallest absolute Gasteiger partial charge is 0.231 e. The van der Waals surface area contributed by atoms with Crippen molar-refractivity contribution in [3.05, 3.63) is 39.8 Å². The number of aryl methyl sites for hydroxylation is 1. The summed E-state index contributed by atoms with van der Waals surface area (Å²) in [6.45, 7) is 4.01. The predicted molar refractivity (Wildman–Crippen MR) is 101 cm³/mol. The van der Waals surface area contributed by atoms with Crippen LogP contribution in [0.3, 0.4) is 0 Å². The Morgan fingerprint density at radius 3 is 2.96 bits per heavy atom. The predicted octanol–water partition coefficient (Wildman–Crippen LogP) is 2.68. The second-order valence-corrected chi connectivity index (χ2v) is 7.04. The summed E-state index contributed by atoms with van der Waals surface area (Å²) in [4.78, 5) is 12.2. The molecule has 0 saturated heterocycles. The van der Waals surface area contributed by atoms with Gasteiger partial charge in [0, 0.05) is 44.7 Å². The van der Waals surface area contributed by atoms with Crippen LogP contribution in [-0.2, 0) is 19.4 Å². The lowest BCUT2D eigenvalue weighted by Gasteiger charge is -2.22. The van der Waals surface area contributed by atoms with Crippen molar-refractivity contribution >= 4 is 17.3 Å². The van der Waals surface area contributed by atoms with Gasteiger partial charge in [-0.25, -0.2) is 4.98 Å². The Morgan fingerprint density at radius 1 is 1.36 bits per heavy atom. The molecule has 2 aromatic rings. The lowest BCUT2D eigenvalue weighted by Crippen LogP contribution is -2.39. The number of fused-ring (bicyclic) bond motifs is 1. The SMILES string of the molecule is CCc1cnc(CCNC(=NC)N(C)Cc2ccc3c(c2)OCO3)s1. The van der Waals surface area contributed by atoms with Crippen LogP contribution in [0.1, 0.15) is 22.4 Å². The monoisotopic (exact) mass is 360 g/mol. The van der Waals surface area contributed by atoms with Crippen molar-refractivity contribution in [1.82, 2.24) is 15.2 Å². The van der Waals surface area contributed by atoms with Crippen molar-refractivity contribution in [2.24, 2.45) is 4.99 Å². The van der Waals surface area contributed by atoms with E-state index in [1.54, 1.807) is 18.4 Å². The first-order valence-corrected chi connectivity index (χ1v) is 9.25. The van der Waals surface area contributed by atoms with E-state index in [0.717, 1.165) is 49.0 Å². The number of nitrogens with one attached hydrogen (secondary N) is 1. The van der Waals surface area contributed by atoms with Gasteiger partial charge in [-0.1, -0.05) is 13.0 Å². The Balaban J connectivity index is 1.51. The van der Waals surface area contributed by atoms with Gasteiger partial charge in [0.2, 0.25) is 6.79 Å². The number of rotatable bonds is 6. The fourth-order valence-corrected chi connectivity index (χ4v) is 3.54. The maximum absolute atomic E-state index is 5.44. The van der Waals surface area contributed by atoms with E-state index >= 15 is 0 Å². The van der Waals surface area contributed by atoms with Crippen LogP contribution in [0.4, 0.5) is 0 Å². The molecule has 7 heteroatoms. The number of thiazole rings is 1. The molecule has 134 valence electrons. The first kappa shape index (κ1) is 17.5. The fraction of sp³-hybridized carbons (Fsp3) is 0.444. The Kier molecular flexibility index (Phi) is 5.75. The summed E-state index contributed by atoms with van der Waals surface area (Å²) in [5.74, 6) is 2.48. The molecule has 0 saturated carbocycles. The summed E-state index contributed by atoms with van der Waals surface area (Å²) < 4.78 is 10.8. The summed E-state index contributed by atoms with van der Waals surface area (Å²) in [6.07, 6.45) is 3.92. The maximum Gasteiger partial charge on any atom is 0.231 e.